The first-order valence-corrected chi connectivity index (χ1v) is 11.7. The molecule has 0 saturated carbocycles. The zero-order valence-corrected chi connectivity index (χ0v) is 18.6. The second-order valence-corrected chi connectivity index (χ2v) is 8.75. The van der Waals surface area contributed by atoms with Crippen molar-refractivity contribution in [2.24, 2.45) is 0 Å². The van der Waals surface area contributed by atoms with Crippen molar-refractivity contribution in [3.05, 3.63) is 60.1 Å². The average Bonchev–Trinajstić information content (AvgIpc) is 3.53. The number of carbonyl (C=O) groups is 2. The van der Waals surface area contributed by atoms with E-state index in [2.05, 4.69) is 34.5 Å². The summed E-state index contributed by atoms with van der Waals surface area (Å²) in [6, 6.07) is 12.3. The van der Waals surface area contributed by atoms with E-state index < -0.39 is 0 Å². The maximum atomic E-state index is 12.9. The molecule has 1 N–H and O–H groups in total. The monoisotopic (exact) mass is 439 g/mol. The van der Waals surface area contributed by atoms with Crippen LogP contribution in [0.5, 0.6) is 0 Å². The Morgan fingerprint density at radius 1 is 1.09 bits per heavy atom. The van der Waals surface area contributed by atoms with Crippen molar-refractivity contribution in [3.8, 4) is 0 Å². The van der Waals surface area contributed by atoms with Gasteiger partial charge >= 0.3 is 0 Å². The van der Waals surface area contributed by atoms with Gasteiger partial charge < -0.3 is 19.4 Å². The fraction of sp³-hybridized carbons (Fsp3) is 0.520. The van der Waals surface area contributed by atoms with Gasteiger partial charge in [-0.3, -0.25) is 14.5 Å². The first kappa shape index (κ1) is 22.6. The second kappa shape index (κ2) is 11.3. The Morgan fingerprint density at radius 2 is 1.91 bits per heavy atom. The van der Waals surface area contributed by atoms with Crippen LogP contribution in [0.1, 0.15) is 48.0 Å². The molecule has 2 saturated heterocycles. The van der Waals surface area contributed by atoms with Crippen LogP contribution in [0, 0.1) is 0 Å². The highest BCUT2D eigenvalue weighted by Gasteiger charge is 2.25. The summed E-state index contributed by atoms with van der Waals surface area (Å²) in [5.74, 6) is -0.111. The number of likely N-dealkylation sites (tertiary alicyclic amines) is 1. The molecule has 1 unspecified atom stereocenters. The summed E-state index contributed by atoms with van der Waals surface area (Å²) in [5, 5.41) is 3.17. The van der Waals surface area contributed by atoms with Crippen LogP contribution in [-0.4, -0.2) is 66.5 Å². The molecular formula is C25H33N3O4. The quantitative estimate of drug-likeness (QED) is 0.650. The number of piperidine rings is 1. The summed E-state index contributed by atoms with van der Waals surface area (Å²) in [7, 11) is 0. The molecule has 2 aliphatic heterocycles. The third-order valence-corrected chi connectivity index (χ3v) is 6.31. The Bertz CT molecular complexity index is 841. The molecule has 4 rings (SSSR count). The largest absolute Gasteiger partial charge is 0.472 e. The van der Waals surface area contributed by atoms with Gasteiger partial charge in [-0.1, -0.05) is 30.3 Å². The van der Waals surface area contributed by atoms with Crippen LogP contribution < -0.4 is 5.32 Å². The fourth-order valence-electron chi connectivity index (χ4n) is 4.49. The van der Waals surface area contributed by atoms with Crippen molar-refractivity contribution in [2.45, 2.75) is 50.8 Å². The molecule has 2 fully saturated rings. The number of furan rings is 1. The van der Waals surface area contributed by atoms with Crippen LogP contribution in [0.3, 0.4) is 0 Å². The first-order valence-electron chi connectivity index (χ1n) is 11.7. The average molecular weight is 440 g/mol. The van der Waals surface area contributed by atoms with E-state index in [1.807, 2.05) is 6.07 Å². The van der Waals surface area contributed by atoms with E-state index in [-0.39, 0.29) is 24.0 Å². The molecule has 0 aliphatic carbocycles. The Morgan fingerprint density at radius 3 is 2.59 bits per heavy atom. The number of nitrogens with zero attached hydrogens (tertiary/aromatic N) is 2. The van der Waals surface area contributed by atoms with E-state index in [0.29, 0.717) is 25.1 Å². The first-order chi connectivity index (χ1) is 15.7. The van der Waals surface area contributed by atoms with Crippen LogP contribution >= 0.6 is 0 Å². The van der Waals surface area contributed by atoms with Crippen LogP contribution in [0.2, 0.25) is 0 Å². The molecular weight excluding hydrogens is 406 g/mol. The van der Waals surface area contributed by atoms with Crippen molar-refractivity contribution in [3.63, 3.8) is 0 Å². The lowest BCUT2D eigenvalue weighted by molar-refractivity contribution is -0.122. The lowest BCUT2D eigenvalue weighted by Crippen LogP contribution is -2.45. The number of carbonyl (C=O) groups excluding carboxylic acids is 2. The van der Waals surface area contributed by atoms with E-state index in [0.717, 1.165) is 51.9 Å². The highest BCUT2D eigenvalue weighted by molar-refractivity contribution is 5.94. The Kier molecular flexibility index (Phi) is 7.96. The number of benzene rings is 1. The summed E-state index contributed by atoms with van der Waals surface area (Å²) < 4.78 is 10.8. The molecule has 1 aromatic carbocycles. The standard InChI is InChI=1S/C25H33N3O4/c29-24(26-22-8-12-27(13-9-22)17-20-5-2-1-3-6-20)10-14-28(18-23-7-4-15-32-23)25(30)21-11-16-31-19-21/h1-3,5-6,11,16,19,22-23H,4,7-10,12-15,17-18H2,(H,26,29). The van der Waals surface area contributed by atoms with Gasteiger partial charge in [0.05, 0.1) is 17.9 Å². The van der Waals surface area contributed by atoms with Gasteiger partial charge in [-0.05, 0) is 37.3 Å². The second-order valence-electron chi connectivity index (χ2n) is 8.75. The predicted octanol–water partition coefficient (Wildman–Crippen LogP) is 3.07. The number of amides is 2. The van der Waals surface area contributed by atoms with Crippen molar-refractivity contribution in [2.75, 3.05) is 32.8 Å². The molecule has 32 heavy (non-hydrogen) atoms. The molecule has 2 aromatic rings. The molecule has 0 spiro atoms. The van der Waals surface area contributed by atoms with E-state index in [1.165, 1.54) is 18.1 Å². The molecule has 7 nitrogen and oxygen atoms in total. The third-order valence-electron chi connectivity index (χ3n) is 6.31. The number of nitrogens with one attached hydrogen (secondary N) is 1. The van der Waals surface area contributed by atoms with Gasteiger partial charge in [0.2, 0.25) is 5.91 Å². The molecule has 7 heteroatoms. The summed E-state index contributed by atoms with van der Waals surface area (Å²) >= 11 is 0. The highest BCUT2D eigenvalue weighted by Crippen LogP contribution is 2.17. The van der Waals surface area contributed by atoms with Gasteiger partial charge in [-0.15, -0.1) is 0 Å². The molecule has 0 radical (unpaired) electrons. The van der Waals surface area contributed by atoms with E-state index in [1.54, 1.807) is 11.0 Å². The number of hydrogen-bond acceptors (Lipinski definition) is 5. The zero-order chi connectivity index (χ0) is 22.2. The summed E-state index contributed by atoms with van der Waals surface area (Å²) in [6.45, 7) is 4.53. The molecule has 172 valence electrons. The van der Waals surface area contributed by atoms with E-state index in [4.69, 9.17) is 9.15 Å². The van der Waals surface area contributed by atoms with E-state index >= 15 is 0 Å². The fourth-order valence-corrected chi connectivity index (χ4v) is 4.49. The van der Waals surface area contributed by atoms with Gasteiger partial charge in [0.15, 0.2) is 0 Å². The van der Waals surface area contributed by atoms with E-state index in [9.17, 15) is 9.59 Å². The van der Waals surface area contributed by atoms with Crippen LogP contribution in [-0.2, 0) is 16.1 Å². The smallest absolute Gasteiger partial charge is 0.257 e. The summed E-state index contributed by atoms with van der Waals surface area (Å²) in [6.07, 6.45) is 7.15. The van der Waals surface area contributed by atoms with Crippen molar-refractivity contribution in [1.82, 2.24) is 15.1 Å². The minimum atomic E-state index is -0.115. The van der Waals surface area contributed by atoms with Crippen molar-refractivity contribution < 1.29 is 18.7 Å². The topological polar surface area (TPSA) is 75.0 Å². The Labute approximate surface area is 189 Å². The molecule has 0 bridgehead atoms. The predicted molar refractivity (Wildman–Crippen MR) is 121 cm³/mol. The van der Waals surface area contributed by atoms with Gasteiger partial charge in [0.25, 0.3) is 5.91 Å². The number of ether oxygens (including phenoxy) is 1. The van der Waals surface area contributed by atoms with Gasteiger partial charge in [-0.25, -0.2) is 0 Å². The molecule has 1 aromatic heterocycles. The molecule has 2 aliphatic rings. The minimum Gasteiger partial charge on any atom is -0.472 e. The van der Waals surface area contributed by atoms with Crippen LogP contribution in [0.4, 0.5) is 0 Å². The normalized spacial score (nSPS) is 19.7. The van der Waals surface area contributed by atoms with Crippen LogP contribution in [0.25, 0.3) is 0 Å². The highest BCUT2D eigenvalue weighted by atomic mass is 16.5. The van der Waals surface area contributed by atoms with Crippen LogP contribution in [0.15, 0.2) is 53.3 Å². The SMILES string of the molecule is O=C(CCN(CC1CCCO1)C(=O)c1ccoc1)NC1CCN(Cc2ccccc2)CC1. The van der Waals surface area contributed by atoms with Crippen molar-refractivity contribution in [1.29, 1.82) is 0 Å². The lowest BCUT2D eigenvalue weighted by Gasteiger charge is -2.32. The molecule has 3 heterocycles. The third kappa shape index (κ3) is 6.43. The summed E-state index contributed by atoms with van der Waals surface area (Å²) in [5.41, 5.74) is 1.83. The maximum absolute atomic E-state index is 12.9. The Balaban J connectivity index is 1.22. The number of hydrogen-bond donors (Lipinski definition) is 1. The Hall–Kier alpha value is -2.64. The zero-order valence-electron chi connectivity index (χ0n) is 18.6. The molecule has 2 amide bonds. The minimum absolute atomic E-state index is 0.00356. The molecule has 1 atom stereocenters. The maximum Gasteiger partial charge on any atom is 0.257 e. The number of rotatable bonds is 9. The lowest BCUT2D eigenvalue weighted by atomic mass is 10.0. The van der Waals surface area contributed by atoms with Gasteiger partial charge in [0.1, 0.15) is 6.26 Å². The van der Waals surface area contributed by atoms with Gasteiger partial charge in [-0.2, -0.15) is 0 Å². The van der Waals surface area contributed by atoms with Gasteiger partial charge in [0, 0.05) is 51.8 Å². The summed E-state index contributed by atoms with van der Waals surface area (Å²) in [4.78, 5) is 29.6. The van der Waals surface area contributed by atoms with Crippen molar-refractivity contribution >= 4 is 11.8 Å².